The first-order valence-electron chi connectivity index (χ1n) is 12.5. The number of ether oxygens (including phenoxy) is 2. The lowest BCUT2D eigenvalue weighted by molar-refractivity contribution is 0.0695. The van der Waals surface area contributed by atoms with Crippen LogP contribution in [-0.2, 0) is 18.0 Å². The largest absolute Gasteiger partial charge is 0.489 e. The number of thioether (sulfide) groups is 1. The molecule has 1 amide bonds. The van der Waals surface area contributed by atoms with E-state index in [0.717, 1.165) is 47.8 Å². The lowest BCUT2D eigenvalue weighted by Gasteiger charge is -2.34. The molecule has 1 saturated heterocycles. The van der Waals surface area contributed by atoms with E-state index in [-0.39, 0.29) is 23.5 Å². The molecule has 1 atom stereocenters. The van der Waals surface area contributed by atoms with Crippen LogP contribution in [0.15, 0.2) is 72.8 Å². The predicted molar refractivity (Wildman–Crippen MR) is 143 cm³/mol. The lowest BCUT2D eigenvalue weighted by Crippen LogP contribution is -2.49. The first-order valence-corrected chi connectivity index (χ1v) is 13.5. The van der Waals surface area contributed by atoms with Gasteiger partial charge in [-0.25, -0.2) is 9.59 Å². The second-order valence-corrected chi connectivity index (χ2v) is 10.4. The van der Waals surface area contributed by atoms with Crippen molar-refractivity contribution in [2.24, 2.45) is 0 Å². The number of rotatable bonds is 7. The van der Waals surface area contributed by atoms with Crippen LogP contribution in [0.25, 0.3) is 0 Å². The van der Waals surface area contributed by atoms with Gasteiger partial charge in [0.05, 0.1) is 10.8 Å². The summed E-state index contributed by atoms with van der Waals surface area (Å²) in [5.41, 5.74) is 4.44. The molecular weight excluding hydrogens is 488 g/mol. The fourth-order valence-electron chi connectivity index (χ4n) is 4.71. The number of carboxylic acids is 1. The predicted octanol–water partition coefficient (Wildman–Crippen LogP) is 5.05. The minimum absolute atomic E-state index is 0.0118. The third kappa shape index (κ3) is 6.09. The zero-order valence-electron chi connectivity index (χ0n) is 20.5. The van der Waals surface area contributed by atoms with E-state index in [2.05, 4.69) is 17.0 Å². The van der Waals surface area contributed by atoms with Crippen LogP contribution >= 0.6 is 11.8 Å². The number of amides is 1. The Morgan fingerprint density at radius 1 is 0.946 bits per heavy atom. The zero-order chi connectivity index (χ0) is 25.6. The van der Waals surface area contributed by atoms with E-state index in [1.165, 1.54) is 5.56 Å². The first kappa shape index (κ1) is 25.2. The Balaban J connectivity index is 1.17. The summed E-state index contributed by atoms with van der Waals surface area (Å²) in [5.74, 6) is 0.666. The molecule has 2 aliphatic rings. The van der Waals surface area contributed by atoms with Crippen molar-refractivity contribution in [3.63, 3.8) is 0 Å². The summed E-state index contributed by atoms with van der Waals surface area (Å²) in [6, 6.07) is 23.0. The minimum Gasteiger partial charge on any atom is -0.489 e. The molecule has 0 spiro atoms. The Morgan fingerprint density at radius 3 is 2.49 bits per heavy atom. The minimum atomic E-state index is -0.941. The summed E-state index contributed by atoms with van der Waals surface area (Å²) in [5, 5.41) is 9.53. The Bertz CT molecular complexity index is 1240. The number of aromatic carboxylic acids is 1. The number of carbonyl (C=O) groups excluding carboxylic acids is 1. The van der Waals surface area contributed by atoms with Gasteiger partial charge >= 0.3 is 12.1 Å². The standard InChI is InChI=1S/C29H30N2O5S/c32-28(33)22-10-11-26-25(18-22)27(24-9-5-4-8-23(24)20-35-26)37-17-16-30-12-14-31(15-13-30)29(34)36-19-21-6-2-1-3-7-21/h1-11,18,27H,12-17,19-20H2,(H,32,33). The van der Waals surface area contributed by atoms with Crippen LogP contribution in [0.4, 0.5) is 4.79 Å². The second-order valence-electron chi connectivity index (χ2n) is 9.16. The summed E-state index contributed by atoms with van der Waals surface area (Å²) in [7, 11) is 0. The highest BCUT2D eigenvalue weighted by Crippen LogP contribution is 2.44. The Morgan fingerprint density at radius 2 is 1.70 bits per heavy atom. The van der Waals surface area contributed by atoms with Crippen LogP contribution in [0.2, 0.25) is 0 Å². The summed E-state index contributed by atoms with van der Waals surface area (Å²) in [6.07, 6.45) is -0.265. The van der Waals surface area contributed by atoms with Gasteiger partial charge in [-0.2, -0.15) is 0 Å². The van der Waals surface area contributed by atoms with Gasteiger partial charge in [0.2, 0.25) is 0 Å². The second kappa shape index (κ2) is 11.7. The normalized spacial score (nSPS) is 17.2. The molecule has 0 aliphatic carbocycles. The summed E-state index contributed by atoms with van der Waals surface area (Å²) in [4.78, 5) is 28.2. The summed E-state index contributed by atoms with van der Waals surface area (Å²) >= 11 is 1.80. The molecule has 2 aliphatic heterocycles. The lowest BCUT2D eigenvalue weighted by atomic mass is 9.98. The van der Waals surface area contributed by atoms with Crippen molar-refractivity contribution in [1.29, 1.82) is 0 Å². The average Bonchev–Trinajstić information content (AvgIpc) is 3.09. The number of piperazine rings is 1. The molecule has 192 valence electrons. The van der Waals surface area contributed by atoms with Gasteiger partial charge in [-0.3, -0.25) is 4.90 Å². The van der Waals surface area contributed by atoms with Crippen molar-refractivity contribution >= 4 is 23.8 Å². The molecule has 1 fully saturated rings. The zero-order valence-corrected chi connectivity index (χ0v) is 21.4. The van der Waals surface area contributed by atoms with E-state index >= 15 is 0 Å². The molecule has 0 aromatic heterocycles. The van der Waals surface area contributed by atoms with Crippen molar-refractivity contribution < 1.29 is 24.2 Å². The van der Waals surface area contributed by atoms with Gasteiger partial charge in [-0.05, 0) is 34.9 Å². The molecule has 0 saturated carbocycles. The van der Waals surface area contributed by atoms with E-state index < -0.39 is 5.97 Å². The van der Waals surface area contributed by atoms with E-state index in [4.69, 9.17) is 9.47 Å². The Hall–Kier alpha value is -3.49. The molecule has 1 N–H and O–H groups in total. The van der Waals surface area contributed by atoms with Crippen LogP contribution in [0.3, 0.4) is 0 Å². The van der Waals surface area contributed by atoms with Crippen molar-refractivity contribution in [3.8, 4) is 5.75 Å². The van der Waals surface area contributed by atoms with Crippen LogP contribution in [0.5, 0.6) is 5.75 Å². The highest BCUT2D eigenvalue weighted by molar-refractivity contribution is 7.99. The quantitative estimate of drug-likeness (QED) is 0.469. The average molecular weight is 519 g/mol. The van der Waals surface area contributed by atoms with Crippen LogP contribution in [0.1, 0.15) is 37.9 Å². The van der Waals surface area contributed by atoms with Crippen LogP contribution in [-0.4, -0.2) is 65.4 Å². The van der Waals surface area contributed by atoms with Gasteiger partial charge in [0.1, 0.15) is 19.0 Å². The first-order chi connectivity index (χ1) is 18.1. The maximum absolute atomic E-state index is 12.5. The van der Waals surface area contributed by atoms with E-state index in [9.17, 15) is 14.7 Å². The number of hydrogen-bond donors (Lipinski definition) is 1. The third-order valence-electron chi connectivity index (χ3n) is 6.79. The summed E-state index contributed by atoms with van der Waals surface area (Å²) < 4.78 is 11.5. The number of fused-ring (bicyclic) bond motifs is 2. The van der Waals surface area contributed by atoms with Gasteiger partial charge in [0.15, 0.2) is 0 Å². The number of carboxylic acid groups (broad SMARTS) is 1. The smallest absolute Gasteiger partial charge is 0.410 e. The molecule has 3 aromatic carbocycles. The monoisotopic (exact) mass is 518 g/mol. The molecule has 2 heterocycles. The van der Waals surface area contributed by atoms with Crippen molar-refractivity contribution in [2.75, 3.05) is 38.5 Å². The SMILES string of the molecule is O=C(O)c1ccc2c(c1)C(SCCN1CCN(C(=O)OCc3ccccc3)CC1)c1ccccc1CO2. The number of benzene rings is 3. The molecule has 8 heteroatoms. The third-order valence-corrected chi connectivity index (χ3v) is 8.05. The maximum atomic E-state index is 12.5. The van der Waals surface area contributed by atoms with Crippen LogP contribution < -0.4 is 4.74 Å². The number of carbonyl (C=O) groups is 2. The Labute approximate surface area is 221 Å². The highest BCUT2D eigenvalue weighted by Gasteiger charge is 2.27. The van der Waals surface area contributed by atoms with Crippen molar-refractivity contribution in [3.05, 3.63) is 101 Å². The van der Waals surface area contributed by atoms with E-state index in [1.54, 1.807) is 34.9 Å². The molecule has 3 aromatic rings. The number of hydrogen-bond acceptors (Lipinski definition) is 6. The van der Waals surface area contributed by atoms with Crippen molar-refractivity contribution in [2.45, 2.75) is 18.5 Å². The molecule has 0 radical (unpaired) electrons. The molecule has 5 rings (SSSR count). The molecular formula is C29H30N2O5S. The van der Waals surface area contributed by atoms with E-state index in [1.807, 2.05) is 42.5 Å². The van der Waals surface area contributed by atoms with Crippen LogP contribution in [0, 0.1) is 0 Å². The molecule has 7 nitrogen and oxygen atoms in total. The van der Waals surface area contributed by atoms with Gasteiger partial charge in [-0.1, -0.05) is 54.6 Å². The highest BCUT2D eigenvalue weighted by atomic mass is 32.2. The topological polar surface area (TPSA) is 79.3 Å². The molecule has 37 heavy (non-hydrogen) atoms. The van der Waals surface area contributed by atoms with Gasteiger partial charge in [0.25, 0.3) is 0 Å². The molecule has 0 bridgehead atoms. The fraction of sp³-hybridized carbons (Fsp3) is 0.310. The molecule has 1 unspecified atom stereocenters. The van der Waals surface area contributed by atoms with Gasteiger partial charge in [-0.15, -0.1) is 11.8 Å². The van der Waals surface area contributed by atoms with Crippen molar-refractivity contribution in [1.82, 2.24) is 9.80 Å². The summed E-state index contributed by atoms with van der Waals surface area (Å²) in [6.45, 7) is 4.51. The van der Waals surface area contributed by atoms with Gasteiger partial charge < -0.3 is 19.5 Å². The van der Waals surface area contributed by atoms with Gasteiger partial charge in [0, 0.05) is 44.0 Å². The fourth-order valence-corrected chi connectivity index (χ4v) is 6.08. The maximum Gasteiger partial charge on any atom is 0.410 e. The number of nitrogens with zero attached hydrogens (tertiary/aromatic N) is 2. The Kier molecular flexibility index (Phi) is 7.96. The van der Waals surface area contributed by atoms with E-state index in [0.29, 0.717) is 19.7 Å².